The number of hydrogen-bond donors (Lipinski definition) is 2. The van der Waals surface area contributed by atoms with Crippen LogP contribution in [-0.4, -0.2) is 34.5 Å². The minimum absolute atomic E-state index is 0.208. The van der Waals surface area contributed by atoms with Gasteiger partial charge in [-0.05, 0) is 51.0 Å². The third-order valence-electron chi connectivity index (χ3n) is 4.97. The van der Waals surface area contributed by atoms with Crippen LogP contribution in [0.4, 0.5) is 0 Å². The van der Waals surface area contributed by atoms with Crippen molar-refractivity contribution in [3.63, 3.8) is 0 Å². The topological polar surface area (TPSA) is 66.8 Å². The molecule has 0 radical (unpaired) electrons. The highest BCUT2D eigenvalue weighted by Gasteiger charge is 2.28. The van der Waals surface area contributed by atoms with Crippen molar-refractivity contribution in [3.8, 4) is 0 Å². The lowest BCUT2D eigenvalue weighted by molar-refractivity contribution is -0.148. The molecule has 0 unspecified atom stereocenters. The Morgan fingerprint density at radius 1 is 1.38 bits per heavy atom. The van der Waals surface area contributed by atoms with Crippen LogP contribution in [0.1, 0.15) is 60.8 Å². The maximum absolute atomic E-state index is 10.8. The average Bonchev–Trinajstić information content (AvgIpc) is 2.51. The van der Waals surface area contributed by atoms with Gasteiger partial charge in [-0.25, -0.2) is 0 Å². The van der Waals surface area contributed by atoms with E-state index >= 15 is 0 Å². The van der Waals surface area contributed by atoms with Crippen molar-refractivity contribution in [2.75, 3.05) is 6.61 Å². The second kappa shape index (κ2) is 9.33. The van der Waals surface area contributed by atoms with Crippen molar-refractivity contribution in [1.29, 1.82) is 0 Å². The highest BCUT2D eigenvalue weighted by molar-refractivity contribution is 5.65. The number of aliphatic hydroxyl groups excluding tert-OH is 1. The monoisotopic (exact) mass is 362 g/mol. The van der Waals surface area contributed by atoms with Gasteiger partial charge in [-0.15, -0.1) is 0 Å². The third-order valence-corrected chi connectivity index (χ3v) is 4.97. The molecule has 2 N–H and O–H groups in total. The van der Waals surface area contributed by atoms with Crippen molar-refractivity contribution in [3.05, 3.63) is 47.1 Å². The SMILES string of the molecule is CC(=O)OC[C@H](O)[C@@](C)(O)/C=C/C=C(C)/C=C/C1=C(C)CCCC1(C)C. The summed E-state index contributed by atoms with van der Waals surface area (Å²) in [6, 6.07) is 0. The highest BCUT2D eigenvalue weighted by Crippen LogP contribution is 2.40. The summed E-state index contributed by atoms with van der Waals surface area (Å²) < 4.78 is 4.74. The maximum Gasteiger partial charge on any atom is 0.302 e. The van der Waals surface area contributed by atoms with E-state index < -0.39 is 17.7 Å². The van der Waals surface area contributed by atoms with E-state index in [2.05, 4.69) is 32.9 Å². The number of carbonyl (C=O) groups is 1. The maximum atomic E-state index is 10.8. The van der Waals surface area contributed by atoms with E-state index in [1.165, 1.54) is 43.9 Å². The molecule has 0 saturated heterocycles. The van der Waals surface area contributed by atoms with Gasteiger partial charge in [0.05, 0.1) is 0 Å². The lowest BCUT2D eigenvalue weighted by Gasteiger charge is -2.32. The van der Waals surface area contributed by atoms with Crippen molar-refractivity contribution in [1.82, 2.24) is 0 Å². The van der Waals surface area contributed by atoms with Crippen LogP contribution in [0.25, 0.3) is 0 Å². The first-order valence-corrected chi connectivity index (χ1v) is 9.24. The number of allylic oxidation sites excluding steroid dienone is 7. The second-order valence-electron chi connectivity index (χ2n) is 8.08. The number of esters is 1. The van der Waals surface area contributed by atoms with Gasteiger partial charge in [-0.3, -0.25) is 4.79 Å². The van der Waals surface area contributed by atoms with Crippen molar-refractivity contribution < 1.29 is 19.7 Å². The Morgan fingerprint density at radius 2 is 2.04 bits per heavy atom. The summed E-state index contributed by atoms with van der Waals surface area (Å²) in [5, 5.41) is 20.2. The van der Waals surface area contributed by atoms with Gasteiger partial charge < -0.3 is 14.9 Å². The smallest absolute Gasteiger partial charge is 0.302 e. The molecule has 0 aromatic rings. The molecule has 1 aliphatic carbocycles. The molecule has 0 aromatic carbocycles. The number of ether oxygens (including phenoxy) is 1. The minimum Gasteiger partial charge on any atom is -0.463 e. The van der Waals surface area contributed by atoms with E-state index in [1.807, 2.05) is 13.0 Å². The molecule has 0 bridgehead atoms. The zero-order valence-electron chi connectivity index (χ0n) is 17.0. The first-order valence-electron chi connectivity index (χ1n) is 9.24. The van der Waals surface area contributed by atoms with E-state index in [9.17, 15) is 15.0 Å². The summed E-state index contributed by atoms with van der Waals surface area (Å²) in [6.07, 6.45) is 11.8. The van der Waals surface area contributed by atoms with Crippen molar-refractivity contribution >= 4 is 5.97 Å². The molecule has 4 nitrogen and oxygen atoms in total. The van der Waals surface area contributed by atoms with Crippen LogP contribution in [0.5, 0.6) is 0 Å². The predicted octanol–water partition coefficient (Wildman–Crippen LogP) is 4.25. The van der Waals surface area contributed by atoms with Crippen LogP contribution in [0.2, 0.25) is 0 Å². The van der Waals surface area contributed by atoms with Crippen LogP contribution in [0, 0.1) is 5.41 Å². The molecule has 4 heteroatoms. The van der Waals surface area contributed by atoms with Gasteiger partial charge >= 0.3 is 5.97 Å². The van der Waals surface area contributed by atoms with E-state index in [0.717, 1.165) is 12.0 Å². The summed E-state index contributed by atoms with van der Waals surface area (Å²) >= 11 is 0. The van der Waals surface area contributed by atoms with Crippen LogP contribution < -0.4 is 0 Å². The Labute approximate surface area is 158 Å². The Balaban J connectivity index is 2.75. The fourth-order valence-corrected chi connectivity index (χ4v) is 3.15. The van der Waals surface area contributed by atoms with Crippen LogP contribution >= 0.6 is 0 Å². The van der Waals surface area contributed by atoms with Crippen LogP contribution in [0.15, 0.2) is 47.1 Å². The van der Waals surface area contributed by atoms with Gasteiger partial charge in [0, 0.05) is 6.92 Å². The zero-order chi connectivity index (χ0) is 20.0. The molecule has 0 amide bonds. The van der Waals surface area contributed by atoms with Crippen molar-refractivity contribution in [2.45, 2.75) is 72.5 Å². The number of aliphatic hydroxyl groups is 2. The molecule has 26 heavy (non-hydrogen) atoms. The molecular formula is C22H34O4. The average molecular weight is 363 g/mol. The zero-order valence-corrected chi connectivity index (χ0v) is 17.0. The molecular weight excluding hydrogens is 328 g/mol. The van der Waals surface area contributed by atoms with Gasteiger partial charge in [-0.2, -0.15) is 0 Å². The predicted molar refractivity (Wildman–Crippen MR) is 106 cm³/mol. The lowest BCUT2D eigenvalue weighted by atomic mass is 9.72. The summed E-state index contributed by atoms with van der Waals surface area (Å²) in [5.74, 6) is -0.486. The first kappa shape index (κ1) is 22.4. The van der Waals surface area contributed by atoms with Gasteiger partial charge in [0.25, 0.3) is 0 Å². The molecule has 146 valence electrons. The fourth-order valence-electron chi connectivity index (χ4n) is 3.15. The quantitative estimate of drug-likeness (QED) is 0.525. The van der Waals surface area contributed by atoms with E-state index in [-0.39, 0.29) is 12.0 Å². The fraction of sp³-hybridized carbons (Fsp3) is 0.591. The van der Waals surface area contributed by atoms with Crippen molar-refractivity contribution in [2.24, 2.45) is 5.41 Å². The van der Waals surface area contributed by atoms with Crippen LogP contribution in [0.3, 0.4) is 0 Å². The summed E-state index contributed by atoms with van der Waals surface area (Å²) in [6.45, 7) is 11.3. The van der Waals surface area contributed by atoms with Gasteiger partial charge in [0.1, 0.15) is 18.3 Å². The standard InChI is InChI=1S/C22H34O4/c1-16(11-12-19-17(2)10-8-13-21(19,4)5)9-7-14-22(6,25)20(24)15-26-18(3)23/h7,9,11-12,14,20,24-25H,8,10,13,15H2,1-6H3/b12-11+,14-7+,16-9+/t20-,22-/m0/s1. The van der Waals surface area contributed by atoms with E-state index in [0.29, 0.717) is 0 Å². The number of rotatable bonds is 7. The third kappa shape index (κ3) is 6.93. The van der Waals surface area contributed by atoms with Gasteiger partial charge in [-0.1, -0.05) is 55.4 Å². The van der Waals surface area contributed by atoms with Crippen LogP contribution in [-0.2, 0) is 9.53 Å². The van der Waals surface area contributed by atoms with Gasteiger partial charge in [0.2, 0.25) is 0 Å². The minimum atomic E-state index is -1.47. The van der Waals surface area contributed by atoms with Gasteiger partial charge in [0.15, 0.2) is 0 Å². The molecule has 2 atom stereocenters. The number of hydrogen-bond acceptors (Lipinski definition) is 4. The highest BCUT2D eigenvalue weighted by atomic mass is 16.5. The molecule has 0 heterocycles. The van der Waals surface area contributed by atoms with E-state index in [1.54, 1.807) is 6.08 Å². The molecule has 0 saturated carbocycles. The Bertz CT molecular complexity index is 618. The number of carbonyl (C=O) groups excluding carboxylic acids is 1. The molecule has 0 aromatic heterocycles. The molecule has 1 rings (SSSR count). The summed E-state index contributed by atoms with van der Waals surface area (Å²) in [5.41, 5.74) is 2.65. The molecule has 0 spiro atoms. The van der Waals surface area contributed by atoms with E-state index in [4.69, 9.17) is 4.74 Å². The first-order chi connectivity index (χ1) is 12.0. The largest absolute Gasteiger partial charge is 0.463 e. The summed E-state index contributed by atoms with van der Waals surface area (Å²) in [7, 11) is 0. The molecule has 0 aliphatic heterocycles. The molecule has 0 fully saturated rings. The molecule has 1 aliphatic rings. The normalized spacial score (nSPS) is 21.9. The Hall–Kier alpha value is -1.65. The second-order valence-corrected chi connectivity index (χ2v) is 8.08. The lowest BCUT2D eigenvalue weighted by Crippen LogP contribution is -2.40. The summed E-state index contributed by atoms with van der Waals surface area (Å²) in [4.78, 5) is 10.8. The Morgan fingerprint density at radius 3 is 2.62 bits per heavy atom. The Kier molecular flexibility index (Phi) is 8.04.